The molecule has 0 aliphatic heterocycles. The van der Waals surface area contributed by atoms with Crippen molar-refractivity contribution in [2.45, 2.75) is 32.2 Å². The molecule has 0 aliphatic carbocycles. The van der Waals surface area contributed by atoms with E-state index in [-0.39, 0.29) is 6.04 Å². The van der Waals surface area contributed by atoms with Crippen LogP contribution in [0.1, 0.15) is 36.4 Å². The Labute approximate surface area is 96.6 Å². The van der Waals surface area contributed by atoms with Gasteiger partial charge in [-0.25, -0.2) is 0 Å². The largest absolute Gasteiger partial charge is 0.324 e. The summed E-state index contributed by atoms with van der Waals surface area (Å²) in [5.41, 5.74) is 8.20. The first-order valence-electron chi connectivity index (χ1n) is 5.10. The lowest BCUT2D eigenvalue weighted by Gasteiger charge is -2.13. The second-order valence-corrected chi connectivity index (χ2v) is 4.14. The average molecular weight is 222 g/mol. The molecule has 0 bridgehead atoms. The average Bonchev–Trinajstić information content (AvgIpc) is 2.17. The smallest absolute Gasteiger partial charge is 0.0456 e. The van der Waals surface area contributed by atoms with Gasteiger partial charge in [0.1, 0.15) is 0 Å². The van der Waals surface area contributed by atoms with Gasteiger partial charge in [0, 0.05) is 17.5 Å². The minimum Gasteiger partial charge on any atom is -0.324 e. The van der Waals surface area contributed by atoms with E-state index in [1.54, 1.807) is 0 Å². The van der Waals surface area contributed by atoms with E-state index in [4.69, 9.17) is 23.8 Å². The lowest BCUT2D eigenvalue weighted by atomic mass is 10.0. The molecule has 1 unspecified atom stereocenters. The Hall–Kier alpha value is -0.970. The van der Waals surface area contributed by atoms with Crippen molar-refractivity contribution in [3.8, 4) is 12.3 Å². The summed E-state index contributed by atoms with van der Waals surface area (Å²) in [5, 5.41) is 0.753. The Bertz CT molecular complexity index is 365. The molecule has 0 heterocycles. The monoisotopic (exact) mass is 221 g/mol. The zero-order valence-electron chi connectivity index (χ0n) is 8.96. The van der Waals surface area contributed by atoms with E-state index in [9.17, 15) is 0 Å². The Kier molecular flexibility index (Phi) is 4.68. The molecule has 0 aromatic heterocycles. The summed E-state index contributed by atoms with van der Waals surface area (Å²) in [7, 11) is 0. The highest BCUT2D eigenvalue weighted by Gasteiger charge is 2.09. The fourth-order valence-electron chi connectivity index (χ4n) is 1.51. The summed E-state index contributed by atoms with van der Waals surface area (Å²) in [6, 6.07) is 5.96. The zero-order valence-corrected chi connectivity index (χ0v) is 9.72. The van der Waals surface area contributed by atoms with Gasteiger partial charge in [0.2, 0.25) is 0 Å². The number of halogens is 1. The van der Waals surface area contributed by atoms with Gasteiger partial charge in [-0.2, -0.15) is 0 Å². The number of unbranched alkanes of at least 4 members (excludes halogenated alkanes) is 1. The van der Waals surface area contributed by atoms with Crippen molar-refractivity contribution in [3.05, 3.63) is 34.3 Å². The number of aryl methyl sites for hydroxylation is 1. The van der Waals surface area contributed by atoms with Gasteiger partial charge >= 0.3 is 0 Å². The molecular weight excluding hydrogens is 206 g/mol. The van der Waals surface area contributed by atoms with Crippen LogP contribution in [0.5, 0.6) is 0 Å². The maximum absolute atomic E-state index is 6.12. The van der Waals surface area contributed by atoms with Crippen molar-refractivity contribution in [1.82, 2.24) is 0 Å². The predicted octanol–water partition coefficient (Wildman–Crippen LogP) is 3.45. The maximum atomic E-state index is 6.12. The fraction of sp³-hybridized carbons (Fsp3) is 0.385. The minimum atomic E-state index is -0.00792. The summed E-state index contributed by atoms with van der Waals surface area (Å²) < 4.78 is 0. The predicted molar refractivity (Wildman–Crippen MR) is 65.8 cm³/mol. The van der Waals surface area contributed by atoms with Crippen LogP contribution in [-0.4, -0.2) is 0 Å². The third kappa shape index (κ3) is 3.58. The van der Waals surface area contributed by atoms with E-state index in [0.29, 0.717) is 0 Å². The van der Waals surface area contributed by atoms with Crippen molar-refractivity contribution in [2.24, 2.45) is 5.73 Å². The summed E-state index contributed by atoms with van der Waals surface area (Å²) in [6.07, 6.45) is 7.79. The van der Waals surface area contributed by atoms with E-state index >= 15 is 0 Å². The highest BCUT2D eigenvalue weighted by Crippen LogP contribution is 2.25. The molecule has 0 saturated heterocycles. The topological polar surface area (TPSA) is 26.0 Å². The first-order valence-corrected chi connectivity index (χ1v) is 5.48. The third-order valence-electron chi connectivity index (χ3n) is 2.39. The molecule has 1 rings (SSSR count). The van der Waals surface area contributed by atoms with Crippen molar-refractivity contribution < 1.29 is 0 Å². The van der Waals surface area contributed by atoms with Crippen LogP contribution < -0.4 is 5.73 Å². The molecule has 0 radical (unpaired) electrons. The quantitative estimate of drug-likeness (QED) is 0.612. The van der Waals surface area contributed by atoms with E-state index in [1.807, 2.05) is 25.1 Å². The molecule has 80 valence electrons. The molecule has 2 N–H and O–H groups in total. The molecule has 1 aromatic carbocycles. The highest BCUT2D eigenvalue weighted by molar-refractivity contribution is 6.31. The molecule has 15 heavy (non-hydrogen) atoms. The summed E-state index contributed by atoms with van der Waals surface area (Å²) in [5.74, 6) is 2.61. The zero-order chi connectivity index (χ0) is 11.3. The summed E-state index contributed by atoms with van der Waals surface area (Å²) >= 11 is 6.12. The van der Waals surface area contributed by atoms with E-state index in [1.165, 1.54) is 0 Å². The molecule has 0 fully saturated rings. The van der Waals surface area contributed by atoms with E-state index < -0.39 is 0 Å². The Balaban J connectivity index is 2.66. The van der Waals surface area contributed by atoms with E-state index in [2.05, 4.69) is 5.92 Å². The second-order valence-electron chi connectivity index (χ2n) is 3.73. The number of nitrogens with two attached hydrogens (primary N) is 1. The van der Waals surface area contributed by atoms with Crippen LogP contribution in [0.25, 0.3) is 0 Å². The number of rotatable bonds is 4. The van der Waals surface area contributed by atoms with Gasteiger partial charge in [0.15, 0.2) is 0 Å². The van der Waals surface area contributed by atoms with Crippen LogP contribution >= 0.6 is 11.6 Å². The van der Waals surface area contributed by atoms with Gasteiger partial charge < -0.3 is 5.73 Å². The van der Waals surface area contributed by atoms with Gasteiger partial charge in [-0.3, -0.25) is 0 Å². The standard InChI is InChI=1S/C13H16ClN/c1-3-4-5-6-13(15)11-8-7-10(2)9-12(11)14/h1,7-9,13H,4-6,15H2,2H3. The van der Waals surface area contributed by atoms with Crippen LogP contribution in [0.4, 0.5) is 0 Å². The minimum absolute atomic E-state index is 0.00792. The van der Waals surface area contributed by atoms with Crippen molar-refractivity contribution in [3.63, 3.8) is 0 Å². The molecule has 0 aliphatic rings. The number of hydrogen-bond donors (Lipinski definition) is 1. The Morgan fingerprint density at radius 1 is 1.53 bits per heavy atom. The van der Waals surface area contributed by atoms with E-state index in [0.717, 1.165) is 35.4 Å². The molecule has 1 atom stereocenters. The lowest BCUT2D eigenvalue weighted by molar-refractivity contribution is 0.621. The molecule has 2 heteroatoms. The molecule has 0 spiro atoms. The first-order chi connectivity index (χ1) is 7.15. The summed E-state index contributed by atoms with van der Waals surface area (Å²) in [4.78, 5) is 0. The highest BCUT2D eigenvalue weighted by atomic mass is 35.5. The normalized spacial score (nSPS) is 12.1. The van der Waals surface area contributed by atoms with Crippen LogP contribution in [0.15, 0.2) is 18.2 Å². The second kappa shape index (κ2) is 5.80. The van der Waals surface area contributed by atoms with Crippen LogP contribution in [0, 0.1) is 19.3 Å². The first kappa shape index (κ1) is 12.1. The molecule has 1 nitrogen and oxygen atoms in total. The van der Waals surface area contributed by atoms with Crippen LogP contribution in [-0.2, 0) is 0 Å². The Morgan fingerprint density at radius 2 is 2.27 bits per heavy atom. The Morgan fingerprint density at radius 3 is 2.87 bits per heavy atom. The van der Waals surface area contributed by atoms with Crippen LogP contribution in [0.2, 0.25) is 5.02 Å². The molecule has 0 saturated carbocycles. The molecule has 0 amide bonds. The van der Waals surface area contributed by atoms with Gasteiger partial charge in [0.25, 0.3) is 0 Å². The molecular formula is C13H16ClN. The fourth-order valence-corrected chi connectivity index (χ4v) is 1.89. The van der Waals surface area contributed by atoms with Gasteiger partial charge in [-0.1, -0.05) is 23.7 Å². The van der Waals surface area contributed by atoms with Gasteiger partial charge in [-0.05, 0) is 37.0 Å². The summed E-state index contributed by atoms with van der Waals surface area (Å²) in [6.45, 7) is 2.01. The van der Waals surface area contributed by atoms with Gasteiger partial charge in [0.05, 0.1) is 0 Å². The lowest BCUT2D eigenvalue weighted by Crippen LogP contribution is -2.10. The molecule has 1 aromatic rings. The van der Waals surface area contributed by atoms with Crippen molar-refractivity contribution >= 4 is 11.6 Å². The van der Waals surface area contributed by atoms with Crippen LogP contribution in [0.3, 0.4) is 0 Å². The SMILES string of the molecule is C#CCCCC(N)c1ccc(C)cc1Cl. The number of benzene rings is 1. The number of hydrogen-bond acceptors (Lipinski definition) is 1. The van der Waals surface area contributed by atoms with Crippen molar-refractivity contribution in [2.75, 3.05) is 0 Å². The maximum Gasteiger partial charge on any atom is 0.0456 e. The van der Waals surface area contributed by atoms with Crippen molar-refractivity contribution in [1.29, 1.82) is 0 Å². The third-order valence-corrected chi connectivity index (χ3v) is 2.72. The number of terminal acetylenes is 1. The van der Waals surface area contributed by atoms with Gasteiger partial charge in [-0.15, -0.1) is 12.3 Å².